The molecule has 3 heteroatoms. The summed E-state index contributed by atoms with van der Waals surface area (Å²) in [5.41, 5.74) is 2.43. The monoisotopic (exact) mass is 331 g/mol. The molecule has 1 fully saturated rings. The summed E-state index contributed by atoms with van der Waals surface area (Å²) in [5, 5.41) is 0. The van der Waals surface area contributed by atoms with E-state index in [2.05, 4.69) is 77.3 Å². The van der Waals surface area contributed by atoms with Crippen molar-refractivity contribution in [1.29, 1.82) is 0 Å². The van der Waals surface area contributed by atoms with Crippen LogP contribution in [0.25, 0.3) is 0 Å². The first-order valence-electron chi connectivity index (χ1n) is 6.84. The van der Waals surface area contributed by atoms with Crippen molar-refractivity contribution in [3.63, 3.8) is 0 Å². The summed E-state index contributed by atoms with van der Waals surface area (Å²) in [6.07, 6.45) is 0.123. The third kappa shape index (κ3) is 2.53. The summed E-state index contributed by atoms with van der Waals surface area (Å²) >= 11 is 3.53. The van der Waals surface area contributed by atoms with Crippen LogP contribution in [0.5, 0.6) is 0 Å². The highest BCUT2D eigenvalue weighted by atomic mass is 79.9. The lowest BCUT2D eigenvalue weighted by Crippen LogP contribution is -2.27. The van der Waals surface area contributed by atoms with E-state index < -0.39 is 0 Å². The van der Waals surface area contributed by atoms with E-state index in [4.69, 9.17) is 4.74 Å². The van der Waals surface area contributed by atoms with Crippen molar-refractivity contribution in [2.75, 3.05) is 7.05 Å². The lowest BCUT2D eigenvalue weighted by Gasteiger charge is -2.21. The molecular weight excluding hydrogens is 314 g/mol. The Morgan fingerprint density at radius 1 is 1.00 bits per heavy atom. The fraction of sp³-hybridized carbons (Fsp3) is 0.294. The molecule has 2 aromatic rings. The number of rotatable bonds is 2. The molecule has 2 aromatic carbocycles. The summed E-state index contributed by atoms with van der Waals surface area (Å²) in [6, 6.07) is 19.1. The zero-order valence-corrected chi connectivity index (χ0v) is 13.2. The Bertz CT molecular complexity index is 587. The smallest absolute Gasteiger partial charge is 0.137 e. The van der Waals surface area contributed by atoms with E-state index in [-0.39, 0.29) is 12.3 Å². The molecule has 0 aromatic heterocycles. The van der Waals surface area contributed by atoms with Gasteiger partial charge in [-0.3, -0.25) is 4.90 Å². The summed E-state index contributed by atoms with van der Waals surface area (Å²) in [7, 11) is 2.12. The van der Waals surface area contributed by atoms with E-state index in [0.717, 1.165) is 4.47 Å². The third-order valence-electron chi connectivity index (χ3n) is 3.99. The van der Waals surface area contributed by atoms with E-state index in [0.29, 0.717) is 6.04 Å². The highest BCUT2D eigenvalue weighted by molar-refractivity contribution is 9.10. The van der Waals surface area contributed by atoms with Crippen LogP contribution in [0.15, 0.2) is 59.1 Å². The number of nitrogens with zero attached hydrogens (tertiary/aromatic N) is 1. The van der Waals surface area contributed by atoms with Gasteiger partial charge in [0.25, 0.3) is 0 Å². The molecule has 20 heavy (non-hydrogen) atoms. The number of likely N-dealkylation sites (N-methyl/N-ethyl adjacent to an activating group) is 1. The fourth-order valence-corrected chi connectivity index (χ4v) is 3.17. The van der Waals surface area contributed by atoms with Gasteiger partial charge in [-0.25, -0.2) is 0 Å². The molecule has 3 rings (SSSR count). The van der Waals surface area contributed by atoms with Gasteiger partial charge in [0.1, 0.15) is 12.3 Å². The highest BCUT2D eigenvalue weighted by Crippen LogP contribution is 2.41. The second kappa shape index (κ2) is 5.68. The van der Waals surface area contributed by atoms with Crippen LogP contribution < -0.4 is 0 Å². The zero-order chi connectivity index (χ0) is 14.1. The molecule has 0 amide bonds. The lowest BCUT2D eigenvalue weighted by atomic mass is 10.0. The van der Waals surface area contributed by atoms with Gasteiger partial charge in [0.2, 0.25) is 0 Å². The average Bonchev–Trinajstić information content (AvgIpc) is 2.76. The molecule has 0 N–H and O–H groups in total. The largest absolute Gasteiger partial charge is 0.349 e. The second-order valence-electron chi connectivity index (χ2n) is 5.28. The van der Waals surface area contributed by atoms with Gasteiger partial charge in [-0.1, -0.05) is 58.4 Å². The van der Waals surface area contributed by atoms with Crippen molar-refractivity contribution in [1.82, 2.24) is 4.90 Å². The number of ether oxygens (including phenoxy) is 1. The number of halogens is 1. The molecule has 1 saturated heterocycles. The number of hydrogen-bond donors (Lipinski definition) is 0. The van der Waals surface area contributed by atoms with E-state index in [1.165, 1.54) is 11.1 Å². The second-order valence-corrected chi connectivity index (χ2v) is 6.20. The van der Waals surface area contributed by atoms with Gasteiger partial charge < -0.3 is 4.74 Å². The normalized spacial score (nSPS) is 26.9. The molecule has 0 spiro atoms. The van der Waals surface area contributed by atoms with Crippen LogP contribution in [-0.2, 0) is 4.74 Å². The number of hydrogen-bond acceptors (Lipinski definition) is 2. The molecule has 0 aliphatic carbocycles. The Morgan fingerprint density at radius 3 is 2.40 bits per heavy atom. The maximum absolute atomic E-state index is 6.32. The fourth-order valence-electron chi connectivity index (χ4n) is 2.75. The van der Waals surface area contributed by atoms with Gasteiger partial charge in [0.15, 0.2) is 0 Å². The number of benzene rings is 2. The predicted octanol–water partition coefficient (Wildman–Crippen LogP) is 4.54. The Hall–Kier alpha value is -1.16. The predicted molar refractivity (Wildman–Crippen MR) is 84.4 cm³/mol. The maximum Gasteiger partial charge on any atom is 0.137 e. The van der Waals surface area contributed by atoms with Gasteiger partial charge in [0.05, 0.1) is 0 Å². The molecule has 0 radical (unpaired) electrons. The van der Waals surface area contributed by atoms with Crippen LogP contribution in [0.2, 0.25) is 0 Å². The van der Waals surface area contributed by atoms with E-state index in [1.54, 1.807) is 0 Å². The molecular formula is C17H18BrNO. The Morgan fingerprint density at radius 2 is 1.70 bits per heavy atom. The molecule has 1 aliphatic heterocycles. The SMILES string of the molecule is C[C@H]1[C@H](c2ccccc2)OC(c2cccc(Br)c2)N1C. The lowest BCUT2D eigenvalue weighted by molar-refractivity contribution is 0.00556. The van der Waals surface area contributed by atoms with Crippen LogP contribution >= 0.6 is 15.9 Å². The summed E-state index contributed by atoms with van der Waals surface area (Å²) in [4.78, 5) is 2.29. The minimum atomic E-state index is 0.00714. The maximum atomic E-state index is 6.32. The van der Waals surface area contributed by atoms with Crippen LogP contribution in [0.4, 0.5) is 0 Å². The van der Waals surface area contributed by atoms with Crippen LogP contribution in [-0.4, -0.2) is 18.0 Å². The van der Waals surface area contributed by atoms with Crippen molar-refractivity contribution >= 4 is 15.9 Å². The molecule has 3 atom stereocenters. The minimum absolute atomic E-state index is 0.00714. The summed E-state index contributed by atoms with van der Waals surface area (Å²) in [5.74, 6) is 0. The first kappa shape index (κ1) is 13.8. The minimum Gasteiger partial charge on any atom is -0.349 e. The summed E-state index contributed by atoms with van der Waals surface area (Å²) in [6.45, 7) is 2.22. The Kier molecular flexibility index (Phi) is 3.92. The molecule has 1 unspecified atom stereocenters. The average molecular weight is 332 g/mol. The van der Waals surface area contributed by atoms with E-state index in [1.807, 2.05) is 12.1 Å². The quantitative estimate of drug-likeness (QED) is 0.801. The van der Waals surface area contributed by atoms with Gasteiger partial charge in [-0.2, -0.15) is 0 Å². The topological polar surface area (TPSA) is 12.5 Å². The molecule has 1 heterocycles. The van der Waals surface area contributed by atoms with E-state index in [9.17, 15) is 0 Å². The molecule has 0 bridgehead atoms. The van der Waals surface area contributed by atoms with Crippen molar-refractivity contribution < 1.29 is 4.74 Å². The van der Waals surface area contributed by atoms with Crippen LogP contribution in [0.1, 0.15) is 30.4 Å². The first-order chi connectivity index (χ1) is 9.66. The van der Waals surface area contributed by atoms with Crippen LogP contribution in [0.3, 0.4) is 0 Å². The molecule has 2 nitrogen and oxygen atoms in total. The van der Waals surface area contributed by atoms with Gasteiger partial charge in [-0.15, -0.1) is 0 Å². The van der Waals surface area contributed by atoms with Crippen molar-refractivity contribution in [3.8, 4) is 0 Å². The molecule has 0 saturated carbocycles. The standard InChI is InChI=1S/C17H18BrNO/c1-12-16(13-7-4-3-5-8-13)20-17(19(12)2)14-9-6-10-15(18)11-14/h3-12,16-17H,1-2H3/t12-,16+,17?/m0/s1. The first-order valence-corrected chi connectivity index (χ1v) is 7.64. The van der Waals surface area contributed by atoms with Gasteiger partial charge >= 0.3 is 0 Å². The third-order valence-corrected chi connectivity index (χ3v) is 4.48. The van der Waals surface area contributed by atoms with E-state index >= 15 is 0 Å². The molecule has 104 valence electrons. The van der Waals surface area contributed by atoms with Gasteiger partial charge in [-0.05, 0) is 37.2 Å². The van der Waals surface area contributed by atoms with Gasteiger partial charge in [0, 0.05) is 10.5 Å². The van der Waals surface area contributed by atoms with Crippen molar-refractivity contribution in [2.24, 2.45) is 0 Å². The molecule has 1 aliphatic rings. The van der Waals surface area contributed by atoms with Crippen molar-refractivity contribution in [2.45, 2.75) is 25.3 Å². The van der Waals surface area contributed by atoms with Crippen LogP contribution in [0, 0.1) is 0 Å². The Labute approximate surface area is 128 Å². The highest BCUT2D eigenvalue weighted by Gasteiger charge is 2.38. The van der Waals surface area contributed by atoms with Crippen molar-refractivity contribution in [3.05, 3.63) is 70.2 Å². The summed E-state index contributed by atoms with van der Waals surface area (Å²) < 4.78 is 7.40. The zero-order valence-electron chi connectivity index (χ0n) is 11.7. The Balaban J connectivity index is 1.89.